The van der Waals surface area contributed by atoms with Gasteiger partial charge in [-0.15, -0.1) is 0 Å². The van der Waals surface area contributed by atoms with Crippen molar-refractivity contribution in [2.45, 2.75) is 0 Å². The molecular weight excluding hydrogens is 219 g/mol. The summed E-state index contributed by atoms with van der Waals surface area (Å²) in [5, 5.41) is 19.4. The number of carbonyl (C=O) groups excluding carboxylic acids is 1. The third-order valence-electron chi connectivity index (χ3n) is 1.58. The molecule has 0 fully saturated rings. The molecule has 82 valence electrons. The number of primary amides is 1. The first-order valence-electron chi connectivity index (χ1n) is 3.90. The molecular formula is C9H5FN2O4. The van der Waals surface area contributed by atoms with E-state index in [4.69, 9.17) is 10.8 Å². The number of aromatic hydroxyl groups is 1. The van der Waals surface area contributed by atoms with E-state index in [1.807, 2.05) is 11.8 Å². The SMILES string of the molecule is NC(=O)C#Cc1cc([N+](=O)[O-])c(O)cc1F. The third kappa shape index (κ3) is 2.45. The van der Waals surface area contributed by atoms with Crippen LogP contribution in [0.3, 0.4) is 0 Å². The number of benzene rings is 1. The lowest BCUT2D eigenvalue weighted by atomic mass is 10.2. The fourth-order valence-corrected chi connectivity index (χ4v) is 0.922. The molecule has 0 saturated heterocycles. The Morgan fingerprint density at radius 3 is 2.69 bits per heavy atom. The molecule has 0 radical (unpaired) electrons. The molecule has 1 aromatic carbocycles. The van der Waals surface area contributed by atoms with Crippen LogP contribution >= 0.6 is 0 Å². The van der Waals surface area contributed by atoms with Gasteiger partial charge in [0.25, 0.3) is 5.91 Å². The van der Waals surface area contributed by atoms with Crippen LogP contribution in [0.5, 0.6) is 5.75 Å². The largest absolute Gasteiger partial charge is 0.502 e. The maximum absolute atomic E-state index is 13.1. The molecule has 6 nitrogen and oxygen atoms in total. The Hall–Kier alpha value is -2.62. The standard InChI is InChI=1S/C9H5FN2O4/c10-6-4-8(13)7(12(15)16)3-5(6)1-2-9(11)14/h3-4,13H,(H2,11,14). The quantitative estimate of drug-likeness (QED) is 0.405. The molecule has 0 bridgehead atoms. The first-order chi connectivity index (χ1) is 7.41. The maximum atomic E-state index is 13.1. The second-order valence-corrected chi connectivity index (χ2v) is 2.69. The molecule has 1 aromatic rings. The van der Waals surface area contributed by atoms with Crippen LogP contribution in [0.1, 0.15) is 5.56 Å². The average Bonchev–Trinajstić information content (AvgIpc) is 2.15. The zero-order valence-electron chi connectivity index (χ0n) is 7.73. The third-order valence-corrected chi connectivity index (χ3v) is 1.58. The normalized spacial score (nSPS) is 9.06. The molecule has 1 amide bonds. The van der Waals surface area contributed by atoms with Gasteiger partial charge in [0.2, 0.25) is 0 Å². The van der Waals surface area contributed by atoms with Gasteiger partial charge in [-0.3, -0.25) is 14.9 Å². The van der Waals surface area contributed by atoms with Gasteiger partial charge >= 0.3 is 5.69 Å². The smallest absolute Gasteiger partial charge is 0.312 e. The summed E-state index contributed by atoms with van der Waals surface area (Å²) in [5.74, 6) is 1.07. The van der Waals surface area contributed by atoms with E-state index >= 15 is 0 Å². The summed E-state index contributed by atoms with van der Waals surface area (Å²) in [6, 6.07) is 1.27. The molecule has 1 rings (SSSR count). The highest BCUT2D eigenvalue weighted by Gasteiger charge is 2.16. The lowest BCUT2D eigenvalue weighted by Gasteiger charge is -1.98. The van der Waals surface area contributed by atoms with Crippen LogP contribution in [0.4, 0.5) is 10.1 Å². The number of nitro groups is 1. The van der Waals surface area contributed by atoms with Crippen molar-refractivity contribution in [2.75, 3.05) is 0 Å². The highest BCUT2D eigenvalue weighted by molar-refractivity contribution is 5.92. The molecule has 0 aliphatic carbocycles. The van der Waals surface area contributed by atoms with Gasteiger partial charge in [0, 0.05) is 18.1 Å². The molecule has 7 heteroatoms. The summed E-state index contributed by atoms with van der Waals surface area (Å²) in [6.45, 7) is 0. The van der Waals surface area contributed by atoms with Crippen LogP contribution in [0.15, 0.2) is 12.1 Å². The van der Waals surface area contributed by atoms with Gasteiger partial charge in [-0.1, -0.05) is 5.92 Å². The van der Waals surface area contributed by atoms with E-state index in [2.05, 4.69) is 0 Å². The lowest BCUT2D eigenvalue weighted by Crippen LogP contribution is -2.06. The summed E-state index contributed by atoms with van der Waals surface area (Å²) in [7, 11) is 0. The number of nitro benzene ring substituents is 1. The first-order valence-corrected chi connectivity index (χ1v) is 3.90. The molecule has 0 aliphatic rings. The summed E-state index contributed by atoms with van der Waals surface area (Å²) < 4.78 is 13.1. The maximum Gasteiger partial charge on any atom is 0.312 e. The number of amides is 1. The fourth-order valence-electron chi connectivity index (χ4n) is 0.922. The number of hydrogen-bond acceptors (Lipinski definition) is 4. The van der Waals surface area contributed by atoms with Crippen molar-refractivity contribution in [1.29, 1.82) is 0 Å². The second-order valence-electron chi connectivity index (χ2n) is 2.69. The predicted molar refractivity (Wildman–Crippen MR) is 50.8 cm³/mol. The van der Waals surface area contributed by atoms with Crippen LogP contribution in [0.25, 0.3) is 0 Å². The molecule has 0 aromatic heterocycles. The Labute approximate surface area is 88.6 Å². The van der Waals surface area contributed by atoms with Gasteiger partial charge in [0.05, 0.1) is 10.5 Å². The van der Waals surface area contributed by atoms with Crippen molar-refractivity contribution < 1.29 is 19.2 Å². The first kappa shape index (κ1) is 11.5. The van der Waals surface area contributed by atoms with E-state index in [1.165, 1.54) is 0 Å². The molecule has 0 heterocycles. The second kappa shape index (κ2) is 4.27. The van der Waals surface area contributed by atoms with Gasteiger partial charge in [-0.2, -0.15) is 0 Å². The number of carbonyl (C=O) groups is 1. The van der Waals surface area contributed by atoms with Crippen LogP contribution in [-0.2, 0) is 4.79 Å². The molecule has 3 N–H and O–H groups in total. The number of hydrogen-bond donors (Lipinski definition) is 2. The highest BCUT2D eigenvalue weighted by Crippen LogP contribution is 2.28. The van der Waals surface area contributed by atoms with Crippen LogP contribution in [0.2, 0.25) is 0 Å². The number of phenolic OH excluding ortho intramolecular Hbond substituents is 1. The van der Waals surface area contributed by atoms with Crippen LogP contribution in [0, 0.1) is 27.8 Å². The summed E-state index contributed by atoms with van der Waals surface area (Å²) in [4.78, 5) is 19.8. The molecule has 0 spiro atoms. The van der Waals surface area contributed by atoms with Gasteiger partial charge in [0.1, 0.15) is 5.82 Å². The minimum Gasteiger partial charge on any atom is -0.502 e. The summed E-state index contributed by atoms with van der Waals surface area (Å²) >= 11 is 0. The van der Waals surface area contributed by atoms with Crippen molar-refractivity contribution in [2.24, 2.45) is 5.73 Å². The number of halogens is 1. The Balaban J connectivity index is 3.32. The van der Waals surface area contributed by atoms with E-state index in [0.29, 0.717) is 6.07 Å². The minimum absolute atomic E-state index is 0.386. The lowest BCUT2D eigenvalue weighted by molar-refractivity contribution is -0.385. The number of rotatable bonds is 1. The van der Waals surface area contributed by atoms with Crippen molar-refractivity contribution in [3.63, 3.8) is 0 Å². The number of phenols is 1. The monoisotopic (exact) mass is 224 g/mol. The number of nitrogens with zero attached hydrogens (tertiary/aromatic N) is 1. The molecule has 0 aliphatic heterocycles. The van der Waals surface area contributed by atoms with Gasteiger partial charge < -0.3 is 10.8 Å². The summed E-state index contributed by atoms with van der Waals surface area (Å²) in [5.41, 5.74) is 3.62. The zero-order valence-corrected chi connectivity index (χ0v) is 7.73. The van der Waals surface area contributed by atoms with Crippen LogP contribution < -0.4 is 5.73 Å². The van der Waals surface area contributed by atoms with Crippen molar-refractivity contribution in [3.05, 3.63) is 33.6 Å². The van der Waals surface area contributed by atoms with Crippen molar-refractivity contribution in [1.82, 2.24) is 0 Å². The van der Waals surface area contributed by atoms with E-state index in [1.54, 1.807) is 0 Å². The minimum atomic E-state index is -0.991. The van der Waals surface area contributed by atoms with Crippen molar-refractivity contribution in [3.8, 4) is 17.6 Å². The topological polar surface area (TPSA) is 106 Å². The Bertz CT molecular complexity index is 530. The molecule has 0 saturated carbocycles. The van der Waals surface area contributed by atoms with E-state index < -0.39 is 28.1 Å². The fraction of sp³-hybridized carbons (Fsp3) is 0. The van der Waals surface area contributed by atoms with Crippen LogP contribution in [-0.4, -0.2) is 15.9 Å². The highest BCUT2D eigenvalue weighted by atomic mass is 19.1. The van der Waals surface area contributed by atoms with Gasteiger partial charge in [-0.25, -0.2) is 4.39 Å². The molecule has 0 atom stereocenters. The van der Waals surface area contributed by atoms with E-state index in [0.717, 1.165) is 6.07 Å². The molecule has 0 unspecified atom stereocenters. The average molecular weight is 224 g/mol. The Kier molecular flexibility index (Phi) is 3.06. The Morgan fingerprint density at radius 1 is 1.56 bits per heavy atom. The molecule has 16 heavy (non-hydrogen) atoms. The predicted octanol–water partition coefficient (Wildman–Crippen LogP) is 0.276. The zero-order chi connectivity index (χ0) is 12.3. The summed E-state index contributed by atoms with van der Waals surface area (Å²) in [6.07, 6.45) is 0. The van der Waals surface area contributed by atoms with Crippen molar-refractivity contribution >= 4 is 11.6 Å². The number of nitrogens with two attached hydrogens (primary N) is 1. The van der Waals surface area contributed by atoms with Gasteiger partial charge in [0.15, 0.2) is 5.75 Å². The van der Waals surface area contributed by atoms with Gasteiger partial charge in [-0.05, 0) is 0 Å². The van der Waals surface area contributed by atoms with E-state index in [-0.39, 0.29) is 5.56 Å². The Morgan fingerprint density at radius 2 is 2.19 bits per heavy atom. The van der Waals surface area contributed by atoms with E-state index in [9.17, 15) is 19.3 Å².